The topological polar surface area (TPSA) is 58.0 Å². The summed E-state index contributed by atoms with van der Waals surface area (Å²) in [4.78, 5) is 2.88. The first-order valence-electron chi connectivity index (χ1n) is 5.10. The third kappa shape index (κ3) is 1.82. The van der Waals surface area contributed by atoms with Crippen LogP contribution in [0.3, 0.4) is 0 Å². The summed E-state index contributed by atoms with van der Waals surface area (Å²) < 4.78 is 5.63. The zero-order valence-corrected chi connectivity index (χ0v) is 8.63. The number of ether oxygens (including phenoxy) is 1. The van der Waals surface area contributed by atoms with Crippen LogP contribution in [0.1, 0.15) is 24.2 Å². The van der Waals surface area contributed by atoms with E-state index >= 15 is 0 Å². The SMILES string of the molecule is CCOC1c2ccccc2CC1N=[N+]=[N-]. The third-order valence-corrected chi connectivity index (χ3v) is 2.69. The summed E-state index contributed by atoms with van der Waals surface area (Å²) in [5.74, 6) is 0. The highest BCUT2D eigenvalue weighted by atomic mass is 16.5. The first kappa shape index (κ1) is 10.0. The Kier molecular flexibility index (Phi) is 2.90. The molecule has 0 N–H and O–H groups in total. The van der Waals surface area contributed by atoms with Crippen LogP contribution in [-0.2, 0) is 11.2 Å². The van der Waals surface area contributed by atoms with Crippen molar-refractivity contribution >= 4 is 0 Å². The Morgan fingerprint density at radius 2 is 2.33 bits per heavy atom. The molecule has 1 aromatic carbocycles. The zero-order chi connectivity index (χ0) is 10.7. The van der Waals surface area contributed by atoms with Crippen LogP contribution in [0, 0.1) is 0 Å². The summed E-state index contributed by atoms with van der Waals surface area (Å²) in [7, 11) is 0. The number of hydrogen-bond donors (Lipinski definition) is 0. The average molecular weight is 203 g/mol. The molecule has 2 unspecified atom stereocenters. The second kappa shape index (κ2) is 4.34. The summed E-state index contributed by atoms with van der Waals surface area (Å²) in [6.07, 6.45) is 0.715. The molecule has 2 rings (SSSR count). The first-order valence-corrected chi connectivity index (χ1v) is 5.10. The molecule has 0 heterocycles. The minimum absolute atomic E-state index is 0.0675. The van der Waals surface area contributed by atoms with E-state index in [-0.39, 0.29) is 12.1 Å². The Bertz CT molecular complexity index is 399. The van der Waals surface area contributed by atoms with Gasteiger partial charge in [-0.1, -0.05) is 29.4 Å². The zero-order valence-electron chi connectivity index (χ0n) is 8.63. The molecule has 2 atom stereocenters. The second-order valence-corrected chi connectivity index (χ2v) is 3.55. The molecule has 0 saturated carbocycles. The molecule has 15 heavy (non-hydrogen) atoms. The summed E-state index contributed by atoms with van der Waals surface area (Å²) in [5, 5.41) is 3.79. The average Bonchev–Trinajstić information content (AvgIpc) is 2.59. The van der Waals surface area contributed by atoms with Gasteiger partial charge in [-0.2, -0.15) is 0 Å². The summed E-state index contributed by atoms with van der Waals surface area (Å²) in [5.41, 5.74) is 10.9. The molecule has 1 aliphatic carbocycles. The van der Waals surface area contributed by atoms with E-state index in [4.69, 9.17) is 10.3 Å². The minimum atomic E-state index is -0.0904. The molecule has 4 nitrogen and oxygen atoms in total. The van der Waals surface area contributed by atoms with Crippen molar-refractivity contribution in [2.45, 2.75) is 25.5 Å². The van der Waals surface area contributed by atoms with Crippen LogP contribution in [0.25, 0.3) is 10.4 Å². The van der Waals surface area contributed by atoms with Crippen molar-refractivity contribution in [1.29, 1.82) is 0 Å². The Hall–Kier alpha value is -1.51. The lowest BCUT2D eigenvalue weighted by Crippen LogP contribution is -2.14. The maximum atomic E-state index is 8.49. The number of fused-ring (bicyclic) bond motifs is 1. The van der Waals surface area contributed by atoms with Crippen molar-refractivity contribution in [3.8, 4) is 0 Å². The predicted molar refractivity (Wildman–Crippen MR) is 57.4 cm³/mol. The van der Waals surface area contributed by atoms with E-state index in [1.807, 2.05) is 25.1 Å². The fourth-order valence-electron chi connectivity index (χ4n) is 2.09. The quantitative estimate of drug-likeness (QED) is 0.423. The standard InChI is InChI=1S/C11H13N3O/c1-2-15-11-9-6-4-3-5-8(9)7-10(11)13-14-12/h3-6,10-11H,2,7H2,1H3. The van der Waals surface area contributed by atoms with Crippen LogP contribution < -0.4 is 0 Å². The number of nitrogens with zero attached hydrogens (tertiary/aromatic N) is 3. The van der Waals surface area contributed by atoms with Crippen molar-refractivity contribution in [2.75, 3.05) is 6.61 Å². The Balaban J connectivity index is 2.32. The molecule has 1 aliphatic rings. The van der Waals surface area contributed by atoms with E-state index in [0.29, 0.717) is 6.61 Å². The van der Waals surface area contributed by atoms with Gasteiger partial charge in [-0.05, 0) is 30.0 Å². The first-order chi connectivity index (χ1) is 7.36. The molecule has 0 bridgehead atoms. The van der Waals surface area contributed by atoms with Crippen LogP contribution in [0.4, 0.5) is 0 Å². The molecular formula is C11H13N3O. The molecule has 0 aliphatic heterocycles. The molecule has 0 amide bonds. The van der Waals surface area contributed by atoms with Crippen LogP contribution in [-0.4, -0.2) is 12.6 Å². The summed E-state index contributed by atoms with van der Waals surface area (Å²) >= 11 is 0. The summed E-state index contributed by atoms with van der Waals surface area (Å²) in [6, 6.07) is 8.01. The van der Waals surface area contributed by atoms with Crippen LogP contribution in [0.2, 0.25) is 0 Å². The van der Waals surface area contributed by atoms with Crippen LogP contribution in [0.15, 0.2) is 29.4 Å². The van der Waals surface area contributed by atoms with Gasteiger partial charge in [-0.3, -0.25) is 0 Å². The normalized spacial score (nSPS) is 23.3. The van der Waals surface area contributed by atoms with Crippen LogP contribution in [0.5, 0.6) is 0 Å². The third-order valence-electron chi connectivity index (χ3n) is 2.69. The van der Waals surface area contributed by atoms with Gasteiger partial charge in [-0.15, -0.1) is 0 Å². The Morgan fingerprint density at radius 1 is 1.53 bits per heavy atom. The van der Waals surface area contributed by atoms with E-state index in [0.717, 1.165) is 12.0 Å². The molecule has 0 aromatic heterocycles. The number of benzene rings is 1. The number of rotatable bonds is 3. The van der Waals surface area contributed by atoms with Gasteiger partial charge in [0.2, 0.25) is 0 Å². The van der Waals surface area contributed by atoms with Gasteiger partial charge in [0.25, 0.3) is 0 Å². The predicted octanol–water partition coefficient (Wildman–Crippen LogP) is 3.00. The van der Waals surface area contributed by atoms with Gasteiger partial charge in [0, 0.05) is 11.5 Å². The lowest BCUT2D eigenvalue weighted by molar-refractivity contribution is 0.0519. The fourth-order valence-corrected chi connectivity index (χ4v) is 2.09. The lowest BCUT2D eigenvalue weighted by atomic mass is 10.1. The van der Waals surface area contributed by atoms with Crippen molar-refractivity contribution in [3.63, 3.8) is 0 Å². The lowest BCUT2D eigenvalue weighted by Gasteiger charge is -2.15. The van der Waals surface area contributed by atoms with Gasteiger partial charge < -0.3 is 4.74 Å². The maximum absolute atomic E-state index is 8.49. The molecule has 0 radical (unpaired) electrons. The number of hydrogen-bond acceptors (Lipinski definition) is 2. The highest BCUT2D eigenvalue weighted by molar-refractivity contribution is 5.36. The van der Waals surface area contributed by atoms with E-state index in [2.05, 4.69) is 16.1 Å². The van der Waals surface area contributed by atoms with Gasteiger partial charge in [0.05, 0.1) is 12.1 Å². The summed E-state index contributed by atoms with van der Waals surface area (Å²) in [6.45, 7) is 2.59. The molecule has 0 fully saturated rings. The van der Waals surface area contributed by atoms with Crippen molar-refractivity contribution in [2.24, 2.45) is 5.11 Å². The van der Waals surface area contributed by atoms with E-state index in [1.165, 1.54) is 5.56 Å². The van der Waals surface area contributed by atoms with Crippen molar-refractivity contribution in [1.82, 2.24) is 0 Å². The molecule has 0 saturated heterocycles. The maximum Gasteiger partial charge on any atom is 0.0915 e. The van der Waals surface area contributed by atoms with Crippen molar-refractivity contribution < 1.29 is 4.74 Å². The monoisotopic (exact) mass is 203 g/mol. The van der Waals surface area contributed by atoms with Crippen molar-refractivity contribution in [3.05, 3.63) is 45.8 Å². The van der Waals surface area contributed by atoms with Crippen LogP contribution >= 0.6 is 0 Å². The molecule has 78 valence electrons. The molecular weight excluding hydrogens is 190 g/mol. The van der Waals surface area contributed by atoms with Gasteiger partial charge in [0.1, 0.15) is 0 Å². The Labute approximate surface area is 88.5 Å². The molecule has 4 heteroatoms. The molecule has 0 spiro atoms. The second-order valence-electron chi connectivity index (χ2n) is 3.55. The smallest absolute Gasteiger partial charge is 0.0915 e. The largest absolute Gasteiger partial charge is 0.373 e. The molecule has 1 aromatic rings. The van der Waals surface area contributed by atoms with E-state index in [1.54, 1.807) is 0 Å². The van der Waals surface area contributed by atoms with Gasteiger partial charge >= 0.3 is 0 Å². The highest BCUT2D eigenvalue weighted by Gasteiger charge is 2.31. The minimum Gasteiger partial charge on any atom is -0.373 e. The number of azide groups is 1. The highest BCUT2D eigenvalue weighted by Crippen LogP contribution is 2.35. The van der Waals surface area contributed by atoms with E-state index < -0.39 is 0 Å². The van der Waals surface area contributed by atoms with Gasteiger partial charge in [0.15, 0.2) is 0 Å². The fraction of sp³-hybridized carbons (Fsp3) is 0.455. The van der Waals surface area contributed by atoms with E-state index in [9.17, 15) is 0 Å². The van der Waals surface area contributed by atoms with Gasteiger partial charge in [-0.25, -0.2) is 0 Å². The Morgan fingerprint density at radius 3 is 3.07 bits per heavy atom.